The molecule has 0 bridgehead atoms. The van der Waals surface area contributed by atoms with Crippen LogP contribution in [0.4, 0.5) is 0 Å². The zero-order chi connectivity index (χ0) is 15.7. The van der Waals surface area contributed by atoms with E-state index in [1.807, 2.05) is 26.0 Å². The normalized spacial score (nSPS) is 14.6. The highest BCUT2D eigenvalue weighted by atomic mass is 35.5. The highest BCUT2D eigenvalue weighted by Crippen LogP contribution is 2.22. The van der Waals surface area contributed by atoms with Gasteiger partial charge in [0.2, 0.25) is 0 Å². The van der Waals surface area contributed by atoms with Gasteiger partial charge in [0.1, 0.15) is 6.10 Å². The van der Waals surface area contributed by atoms with Crippen LogP contribution in [0.5, 0.6) is 0 Å². The van der Waals surface area contributed by atoms with Gasteiger partial charge < -0.3 is 20.5 Å². The molecule has 6 heteroatoms. The molecule has 1 aromatic rings. The van der Waals surface area contributed by atoms with E-state index in [2.05, 4.69) is 15.6 Å². The van der Waals surface area contributed by atoms with Gasteiger partial charge in [0, 0.05) is 30.3 Å². The molecule has 0 amide bonds. The Bertz CT molecular complexity index is 454. The van der Waals surface area contributed by atoms with Gasteiger partial charge in [-0.2, -0.15) is 0 Å². The molecule has 2 unspecified atom stereocenters. The lowest BCUT2D eigenvalue weighted by molar-refractivity contribution is 0.178. The van der Waals surface area contributed by atoms with Crippen molar-refractivity contribution >= 4 is 17.6 Å². The number of aliphatic imine (C=N–C) groups is 1. The van der Waals surface area contributed by atoms with Gasteiger partial charge in [-0.05, 0) is 19.9 Å². The predicted molar refractivity (Wildman–Crippen MR) is 86.9 cm³/mol. The second-order valence-corrected chi connectivity index (χ2v) is 5.16. The fourth-order valence-electron chi connectivity index (χ4n) is 1.87. The number of nitrogens with one attached hydrogen (secondary N) is 2. The minimum absolute atomic E-state index is 0.130. The Labute approximate surface area is 131 Å². The molecule has 0 saturated heterocycles. The third-order valence-electron chi connectivity index (χ3n) is 2.83. The fourth-order valence-corrected chi connectivity index (χ4v) is 2.13. The number of rotatable bonds is 7. The van der Waals surface area contributed by atoms with Gasteiger partial charge >= 0.3 is 0 Å². The number of halogens is 1. The van der Waals surface area contributed by atoms with Crippen molar-refractivity contribution in [1.82, 2.24) is 10.6 Å². The average Bonchev–Trinajstić information content (AvgIpc) is 2.45. The summed E-state index contributed by atoms with van der Waals surface area (Å²) in [4.78, 5) is 4.38. The van der Waals surface area contributed by atoms with E-state index in [4.69, 9.17) is 16.3 Å². The summed E-state index contributed by atoms with van der Waals surface area (Å²) in [5, 5.41) is 17.1. The SMILES string of the molecule is CCNC(=NCC(O)c1ccccc1Cl)NC(C)COC. The van der Waals surface area contributed by atoms with Crippen LogP contribution in [0.15, 0.2) is 29.3 Å². The molecule has 21 heavy (non-hydrogen) atoms. The number of ether oxygens (including phenoxy) is 1. The Kier molecular flexibility index (Phi) is 8.12. The number of aliphatic hydroxyl groups excluding tert-OH is 1. The predicted octanol–water partition coefficient (Wildman–Crippen LogP) is 1.96. The van der Waals surface area contributed by atoms with E-state index in [-0.39, 0.29) is 12.6 Å². The number of guanidine groups is 1. The zero-order valence-electron chi connectivity index (χ0n) is 12.8. The molecule has 0 radical (unpaired) electrons. The minimum atomic E-state index is -0.730. The van der Waals surface area contributed by atoms with E-state index in [0.29, 0.717) is 23.2 Å². The summed E-state index contributed by atoms with van der Waals surface area (Å²) < 4.78 is 5.08. The number of nitrogens with zero attached hydrogens (tertiary/aromatic N) is 1. The van der Waals surface area contributed by atoms with Crippen molar-refractivity contribution in [2.75, 3.05) is 26.8 Å². The van der Waals surface area contributed by atoms with E-state index in [1.165, 1.54) is 0 Å². The van der Waals surface area contributed by atoms with E-state index in [1.54, 1.807) is 19.2 Å². The van der Waals surface area contributed by atoms with Crippen LogP contribution in [-0.2, 0) is 4.74 Å². The number of aliphatic hydroxyl groups is 1. The van der Waals surface area contributed by atoms with Gasteiger partial charge in [-0.15, -0.1) is 0 Å². The maximum atomic E-state index is 10.2. The Morgan fingerprint density at radius 3 is 2.76 bits per heavy atom. The Balaban J connectivity index is 2.66. The molecule has 2 atom stereocenters. The maximum Gasteiger partial charge on any atom is 0.191 e. The topological polar surface area (TPSA) is 65.9 Å². The summed E-state index contributed by atoms with van der Waals surface area (Å²) >= 11 is 6.06. The van der Waals surface area contributed by atoms with Crippen LogP contribution in [0, 0.1) is 0 Å². The van der Waals surface area contributed by atoms with Crippen molar-refractivity contribution in [3.8, 4) is 0 Å². The van der Waals surface area contributed by atoms with Gasteiger partial charge in [0.15, 0.2) is 5.96 Å². The van der Waals surface area contributed by atoms with Crippen molar-refractivity contribution in [2.24, 2.45) is 4.99 Å². The maximum absolute atomic E-state index is 10.2. The highest BCUT2D eigenvalue weighted by Gasteiger charge is 2.11. The molecule has 0 fully saturated rings. The van der Waals surface area contributed by atoms with Crippen LogP contribution in [0.2, 0.25) is 5.02 Å². The third kappa shape index (κ3) is 6.33. The molecule has 0 aliphatic rings. The first-order valence-electron chi connectivity index (χ1n) is 7.04. The lowest BCUT2D eigenvalue weighted by Gasteiger charge is -2.18. The third-order valence-corrected chi connectivity index (χ3v) is 3.17. The largest absolute Gasteiger partial charge is 0.386 e. The Morgan fingerprint density at radius 2 is 2.14 bits per heavy atom. The van der Waals surface area contributed by atoms with Crippen molar-refractivity contribution in [2.45, 2.75) is 26.0 Å². The summed E-state index contributed by atoms with van der Waals surface area (Å²) in [5.74, 6) is 0.646. The molecule has 118 valence electrons. The Morgan fingerprint density at radius 1 is 1.43 bits per heavy atom. The summed E-state index contributed by atoms with van der Waals surface area (Å²) in [5.41, 5.74) is 0.684. The van der Waals surface area contributed by atoms with Gasteiger partial charge in [0.05, 0.1) is 13.2 Å². The molecule has 0 aromatic heterocycles. The number of hydrogen-bond acceptors (Lipinski definition) is 3. The fraction of sp³-hybridized carbons (Fsp3) is 0.533. The quantitative estimate of drug-likeness (QED) is 0.532. The van der Waals surface area contributed by atoms with Crippen molar-refractivity contribution < 1.29 is 9.84 Å². The van der Waals surface area contributed by atoms with Gasteiger partial charge in [-0.3, -0.25) is 4.99 Å². The first-order valence-corrected chi connectivity index (χ1v) is 7.42. The lowest BCUT2D eigenvalue weighted by Crippen LogP contribution is -2.44. The van der Waals surface area contributed by atoms with E-state index in [0.717, 1.165) is 6.54 Å². The second-order valence-electron chi connectivity index (χ2n) is 4.76. The average molecular weight is 314 g/mol. The van der Waals surface area contributed by atoms with Gasteiger partial charge in [0.25, 0.3) is 0 Å². The van der Waals surface area contributed by atoms with E-state index in [9.17, 15) is 5.11 Å². The molecule has 0 saturated carbocycles. The zero-order valence-corrected chi connectivity index (χ0v) is 13.5. The summed E-state index contributed by atoms with van der Waals surface area (Å²) in [6, 6.07) is 7.37. The molecule has 0 spiro atoms. The van der Waals surface area contributed by atoms with Crippen LogP contribution in [-0.4, -0.2) is 43.9 Å². The number of methoxy groups -OCH3 is 1. The molecule has 1 aromatic carbocycles. The molecule has 3 N–H and O–H groups in total. The molecule has 1 rings (SSSR count). The molecule has 5 nitrogen and oxygen atoms in total. The smallest absolute Gasteiger partial charge is 0.191 e. The summed E-state index contributed by atoms with van der Waals surface area (Å²) in [7, 11) is 1.66. The first-order chi connectivity index (χ1) is 10.1. The van der Waals surface area contributed by atoms with Crippen molar-refractivity contribution in [1.29, 1.82) is 0 Å². The molecule has 0 aliphatic heterocycles. The number of hydrogen-bond donors (Lipinski definition) is 3. The van der Waals surface area contributed by atoms with Crippen LogP contribution in [0.1, 0.15) is 25.5 Å². The van der Waals surface area contributed by atoms with Crippen molar-refractivity contribution in [3.05, 3.63) is 34.9 Å². The standard InChI is InChI=1S/C15H24ClN3O2/c1-4-17-15(19-11(2)10-21-3)18-9-14(20)12-7-5-6-8-13(12)16/h5-8,11,14,20H,4,9-10H2,1-3H3,(H2,17,18,19). The number of benzene rings is 1. The molecule has 0 heterocycles. The Hall–Kier alpha value is -1.30. The van der Waals surface area contributed by atoms with Crippen LogP contribution >= 0.6 is 11.6 Å². The van der Waals surface area contributed by atoms with Crippen LogP contribution < -0.4 is 10.6 Å². The van der Waals surface area contributed by atoms with Crippen molar-refractivity contribution in [3.63, 3.8) is 0 Å². The van der Waals surface area contributed by atoms with E-state index < -0.39 is 6.10 Å². The van der Waals surface area contributed by atoms with E-state index >= 15 is 0 Å². The van der Waals surface area contributed by atoms with Crippen LogP contribution in [0.3, 0.4) is 0 Å². The minimum Gasteiger partial charge on any atom is -0.386 e. The molecule has 0 aliphatic carbocycles. The first kappa shape index (κ1) is 17.8. The molecular formula is C15H24ClN3O2. The summed E-state index contributed by atoms with van der Waals surface area (Å²) in [6.45, 7) is 5.55. The van der Waals surface area contributed by atoms with Crippen LogP contribution in [0.25, 0.3) is 0 Å². The highest BCUT2D eigenvalue weighted by molar-refractivity contribution is 6.31. The second kappa shape index (κ2) is 9.60. The molecular weight excluding hydrogens is 290 g/mol. The lowest BCUT2D eigenvalue weighted by atomic mass is 10.1. The monoisotopic (exact) mass is 313 g/mol. The van der Waals surface area contributed by atoms with Gasteiger partial charge in [-0.1, -0.05) is 29.8 Å². The summed E-state index contributed by atoms with van der Waals surface area (Å²) in [6.07, 6.45) is -0.730. The van der Waals surface area contributed by atoms with Gasteiger partial charge in [-0.25, -0.2) is 0 Å².